The topological polar surface area (TPSA) is 102 Å². The number of ether oxygens (including phenoxy) is 1. The highest BCUT2D eigenvalue weighted by Crippen LogP contribution is 2.30. The molecular formula is C27H34N6O3. The fourth-order valence-corrected chi connectivity index (χ4v) is 5.15. The number of aromatic nitrogens is 5. The second kappa shape index (κ2) is 10.8. The second-order valence-electron chi connectivity index (χ2n) is 9.93. The fourth-order valence-electron chi connectivity index (χ4n) is 5.15. The molecule has 4 aromatic rings. The summed E-state index contributed by atoms with van der Waals surface area (Å²) in [5.41, 5.74) is 2.76. The number of tetrazole rings is 1. The van der Waals surface area contributed by atoms with Crippen LogP contribution in [0, 0.1) is 5.92 Å². The van der Waals surface area contributed by atoms with E-state index >= 15 is 0 Å². The Morgan fingerprint density at radius 3 is 2.86 bits per heavy atom. The number of furan rings is 1. The lowest BCUT2D eigenvalue weighted by Gasteiger charge is -2.35. The average Bonchev–Trinajstić information content (AvgIpc) is 3.64. The van der Waals surface area contributed by atoms with Gasteiger partial charge in [-0.15, -0.1) is 5.10 Å². The zero-order valence-corrected chi connectivity index (χ0v) is 21.2. The maximum atomic E-state index is 13.1. The molecule has 0 aliphatic carbocycles. The lowest BCUT2D eigenvalue weighted by atomic mass is 9.99. The van der Waals surface area contributed by atoms with Crippen LogP contribution in [0.4, 0.5) is 0 Å². The van der Waals surface area contributed by atoms with E-state index in [2.05, 4.69) is 58.3 Å². The minimum absolute atomic E-state index is 0.0678. The smallest absolute Gasteiger partial charge is 0.252 e. The Kier molecular flexibility index (Phi) is 7.29. The Morgan fingerprint density at radius 1 is 1.25 bits per heavy atom. The van der Waals surface area contributed by atoms with Crippen LogP contribution in [0.25, 0.3) is 10.9 Å². The summed E-state index contributed by atoms with van der Waals surface area (Å²) in [6.45, 7) is 8.85. The van der Waals surface area contributed by atoms with Crippen LogP contribution in [0.5, 0.6) is 0 Å². The van der Waals surface area contributed by atoms with E-state index in [0.717, 1.165) is 53.9 Å². The molecular weight excluding hydrogens is 456 g/mol. The molecule has 2 atom stereocenters. The summed E-state index contributed by atoms with van der Waals surface area (Å²) in [7, 11) is 0. The van der Waals surface area contributed by atoms with E-state index in [9.17, 15) is 4.79 Å². The highest BCUT2D eigenvalue weighted by Gasteiger charge is 2.32. The van der Waals surface area contributed by atoms with Gasteiger partial charge in [0.1, 0.15) is 12.3 Å². The van der Waals surface area contributed by atoms with Gasteiger partial charge in [-0.1, -0.05) is 26.8 Å². The van der Waals surface area contributed by atoms with Crippen molar-refractivity contribution in [3.05, 3.63) is 75.7 Å². The Bertz CT molecular complexity index is 1340. The van der Waals surface area contributed by atoms with Crippen LogP contribution in [0.3, 0.4) is 0 Å². The van der Waals surface area contributed by atoms with E-state index in [1.807, 2.05) is 24.3 Å². The third kappa shape index (κ3) is 5.27. The molecule has 0 spiro atoms. The first-order valence-electron chi connectivity index (χ1n) is 12.8. The van der Waals surface area contributed by atoms with Gasteiger partial charge in [0.15, 0.2) is 5.82 Å². The number of H-pyrrole nitrogens is 1. The van der Waals surface area contributed by atoms with E-state index in [1.54, 1.807) is 10.9 Å². The molecule has 3 aromatic heterocycles. The largest absolute Gasteiger partial charge is 0.467 e. The summed E-state index contributed by atoms with van der Waals surface area (Å²) in [6, 6.07) is 11.9. The Labute approximate surface area is 210 Å². The molecule has 2 unspecified atom stereocenters. The van der Waals surface area contributed by atoms with Gasteiger partial charge in [0.2, 0.25) is 0 Å². The first kappa shape index (κ1) is 24.4. The van der Waals surface area contributed by atoms with E-state index in [-0.39, 0.29) is 23.6 Å². The van der Waals surface area contributed by atoms with Crippen molar-refractivity contribution >= 4 is 10.9 Å². The van der Waals surface area contributed by atoms with Crippen LogP contribution in [0.1, 0.15) is 62.4 Å². The molecule has 1 aliphatic heterocycles. The van der Waals surface area contributed by atoms with Crippen molar-refractivity contribution in [2.24, 2.45) is 5.92 Å². The predicted molar refractivity (Wildman–Crippen MR) is 137 cm³/mol. The SMILES string of the molecule is CCc1ccc2[nH]c(=O)c(CN(CC3CCCO3)C(c3nnnn3Cc3ccco3)C(C)C)cc2c1. The Hall–Kier alpha value is -3.30. The highest BCUT2D eigenvalue weighted by molar-refractivity contribution is 5.79. The number of hydrogen-bond acceptors (Lipinski definition) is 7. The van der Waals surface area contributed by atoms with E-state index < -0.39 is 0 Å². The van der Waals surface area contributed by atoms with Crippen LogP contribution in [-0.2, 0) is 24.2 Å². The van der Waals surface area contributed by atoms with Crippen molar-refractivity contribution in [3.8, 4) is 0 Å². The zero-order chi connectivity index (χ0) is 25.1. The summed E-state index contributed by atoms with van der Waals surface area (Å²) in [5, 5.41) is 13.8. The average molecular weight is 491 g/mol. The first-order valence-corrected chi connectivity index (χ1v) is 12.8. The third-order valence-electron chi connectivity index (χ3n) is 6.96. The van der Waals surface area contributed by atoms with E-state index in [1.165, 1.54) is 5.56 Å². The standard InChI is InChI=1S/C27H34N6O3/c1-4-19-9-10-24-20(13-19)14-21(27(34)28-24)15-32(16-22-7-5-11-35-22)25(18(2)3)26-29-30-31-33(26)17-23-8-6-12-36-23/h6,8-10,12-14,18,22,25H,4-5,7,11,15-17H2,1-3H3,(H,28,34). The number of nitrogens with zero attached hydrogens (tertiary/aromatic N) is 5. The lowest BCUT2D eigenvalue weighted by Crippen LogP contribution is -2.40. The number of rotatable bonds is 10. The molecule has 1 saturated heterocycles. The maximum absolute atomic E-state index is 13.1. The van der Waals surface area contributed by atoms with Crippen molar-refractivity contribution in [1.29, 1.82) is 0 Å². The lowest BCUT2D eigenvalue weighted by molar-refractivity contribution is 0.0384. The van der Waals surface area contributed by atoms with E-state index in [4.69, 9.17) is 9.15 Å². The molecule has 0 amide bonds. The number of fused-ring (bicyclic) bond motifs is 1. The molecule has 0 bridgehead atoms. The number of hydrogen-bond donors (Lipinski definition) is 1. The number of nitrogens with one attached hydrogen (secondary N) is 1. The quantitative estimate of drug-likeness (QED) is 0.357. The van der Waals surface area contributed by atoms with Crippen LogP contribution in [0.2, 0.25) is 0 Å². The van der Waals surface area contributed by atoms with Gasteiger partial charge in [-0.25, -0.2) is 4.68 Å². The minimum atomic E-state index is -0.115. The van der Waals surface area contributed by atoms with Crippen molar-refractivity contribution in [1.82, 2.24) is 30.1 Å². The van der Waals surface area contributed by atoms with Crippen molar-refractivity contribution in [2.75, 3.05) is 13.2 Å². The van der Waals surface area contributed by atoms with Gasteiger partial charge in [-0.3, -0.25) is 9.69 Å². The van der Waals surface area contributed by atoms with Gasteiger partial charge in [0.05, 0.1) is 18.4 Å². The van der Waals surface area contributed by atoms with Crippen LogP contribution >= 0.6 is 0 Å². The number of aryl methyl sites for hydroxylation is 1. The second-order valence-corrected chi connectivity index (χ2v) is 9.93. The summed E-state index contributed by atoms with van der Waals surface area (Å²) in [4.78, 5) is 18.5. The van der Waals surface area contributed by atoms with Gasteiger partial charge in [-0.05, 0) is 76.9 Å². The molecule has 5 rings (SSSR count). The van der Waals surface area contributed by atoms with Crippen molar-refractivity contribution in [3.63, 3.8) is 0 Å². The summed E-state index contributed by atoms with van der Waals surface area (Å²) in [6.07, 6.45) is 4.78. The molecule has 4 heterocycles. The zero-order valence-electron chi connectivity index (χ0n) is 21.2. The summed E-state index contributed by atoms with van der Waals surface area (Å²) in [5.74, 6) is 1.73. The van der Waals surface area contributed by atoms with Crippen molar-refractivity contribution in [2.45, 2.75) is 65.3 Å². The van der Waals surface area contributed by atoms with Crippen LogP contribution in [-0.4, -0.2) is 49.3 Å². The predicted octanol–water partition coefficient (Wildman–Crippen LogP) is 4.10. The molecule has 9 heteroatoms. The third-order valence-corrected chi connectivity index (χ3v) is 6.96. The fraction of sp³-hybridized carbons (Fsp3) is 0.481. The van der Waals surface area contributed by atoms with Gasteiger partial charge in [0.25, 0.3) is 5.56 Å². The van der Waals surface area contributed by atoms with Gasteiger partial charge < -0.3 is 14.1 Å². The highest BCUT2D eigenvalue weighted by atomic mass is 16.5. The molecule has 1 fully saturated rings. The Morgan fingerprint density at radius 2 is 2.14 bits per heavy atom. The minimum Gasteiger partial charge on any atom is -0.467 e. The molecule has 36 heavy (non-hydrogen) atoms. The molecule has 1 aromatic carbocycles. The first-order chi connectivity index (χ1) is 17.5. The van der Waals surface area contributed by atoms with Gasteiger partial charge >= 0.3 is 0 Å². The van der Waals surface area contributed by atoms with Crippen LogP contribution in [0.15, 0.2) is 51.9 Å². The normalized spacial score (nSPS) is 17.0. The molecule has 1 aliphatic rings. The number of benzene rings is 1. The maximum Gasteiger partial charge on any atom is 0.252 e. The summed E-state index contributed by atoms with van der Waals surface area (Å²) >= 11 is 0. The molecule has 9 nitrogen and oxygen atoms in total. The van der Waals surface area contributed by atoms with Crippen LogP contribution < -0.4 is 5.56 Å². The van der Waals surface area contributed by atoms with Gasteiger partial charge in [-0.2, -0.15) is 0 Å². The molecule has 190 valence electrons. The van der Waals surface area contributed by atoms with E-state index in [0.29, 0.717) is 19.6 Å². The van der Waals surface area contributed by atoms with Crippen molar-refractivity contribution < 1.29 is 9.15 Å². The molecule has 0 radical (unpaired) electrons. The molecule has 1 N–H and O–H groups in total. The summed E-state index contributed by atoms with van der Waals surface area (Å²) < 4.78 is 13.4. The Balaban J connectivity index is 1.51. The molecule has 0 saturated carbocycles. The van der Waals surface area contributed by atoms with Gasteiger partial charge in [0, 0.05) is 30.8 Å². The monoisotopic (exact) mass is 490 g/mol. The number of aromatic amines is 1. The number of pyridine rings is 1.